The van der Waals surface area contributed by atoms with Crippen LogP contribution in [0.15, 0.2) is 24.4 Å². The zero-order chi connectivity index (χ0) is 21.0. The van der Waals surface area contributed by atoms with Crippen LogP contribution in [-0.4, -0.2) is 28.0 Å². The van der Waals surface area contributed by atoms with Crippen LogP contribution in [0.5, 0.6) is 0 Å². The number of benzene rings is 1. The molecule has 1 fully saturated rings. The largest absolute Gasteiger partial charge is 0.378 e. The van der Waals surface area contributed by atoms with Gasteiger partial charge < -0.3 is 16.4 Å². The molecule has 1 aliphatic rings. The van der Waals surface area contributed by atoms with E-state index in [4.69, 9.17) is 11.5 Å². The highest BCUT2D eigenvalue weighted by Gasteiger charge is 2.25. The maximum Gasteiger partial charge on any atom is 0.329 e. The van der Waals surface area contributed by atoms with Crippen molar-refractivity contribution in [3.05, 3.63) is 51.5 Å². The molecule has 29 heavy (non-hydrogen) atoms. The highest BCUT2D eigenvalue weighted by molar-refractivity contribution is 5.54. The van der Waals surface area contributed by atoms with Crippen LogP contribution in [0.3, 0.4) is 0 Å². The molecule has 0 unspecified atom stereocenters. The highest BCUT2D eigenvalue weighted by atomic mass is 19.1. The number of nitrogens with zero attached hydrogens (tertiary/aromatic N) is 4. The number of hydrogen-bond acceptors (Lipinski definition) is 7. The molecular formula is C20H27FN6O2. The Morgan fingerprint density at radius 1 is 1.28 bits per heavy atom. The number of hydrogen-bond donors (Lipinski definition) is 2. The SMILES string of the molecule is Cc1ccc(F)cc1CN(CC1CCC(CN)CC1)c1ncc([N+](=O)[O-])c(N)n1. The third-order valence-corrected chi connectivity index (χ3v) is 5.72. The highest BCUT2D eigenvalue weighted by Crippen LogP contribution is 2.31. The van der Waals surface area contributed by atoms with E-state index in [2.05, 4.69) is 9.97 Å². The Hall–Kier alpha value is -2.81. The monoisotopic (exact) mass is 402 g/mol. The number of nitrogen functional groups attached to an aromatic ring is 1. The van der Waals surface area contributed by atoms with Gasteiger partial charge >= 0.3 is 5.69 Å². The lowest BCUT2D eigenvalue weighted by Gasteiger charge is -2.32. The zero-order valence-corrected chi connectivity index (χ0v) is 16.6. The molecule has 0 aliphatic heterocycles. The maximum atomic E-state index is 13.8. The molecule has 0 atom stereocenters. The van der Waals surface area contributed by atoms with Gasteiger partial charge in [-0.05, 0) is 74.2 Å². The van der Waals surface area contributed by atoms with Gasteiger partial charge in [0.15, 0.2) is 0 Å². The minimum Gasteiger partial charge on any atom is -0.378 e. The summed E-state index contributed by atoms with van der Waals surface area (Å²) in [4.78, 5) is 20.7. The first-order valence-corrected chi connectivity index (χ1v) is 9.84. The minimum absolute atomic E-state index is 0.173. The topological polar surface area (TPSA) is 124 Å². The predicted molar refractivity (Wildman–Crippen MR) is 110 cm³/mol. The molecular weight excluding hydrogens is 375 g/mol. The van der Waals surface area contributed by atoms with Gasteiger partial charge in [0.1, 0.15) is 12.0 Å². The molecule has 1 aliphatic carbocycles. The van der Waals surface area contributed by atoms with Crippen molar-refractivity contribution in [3.63, 3.8) is 0 Å². The lowest BCUT2D eigenvalue weighted by Crippen LogP contribution is -2.33. The number of rotatable bonds is 7. The van der Waals surface area contributed by atoms with Crippen molar-refractivity contribution in [1.82, 2.24) is 9.97 Å². The molecule has 0 bridgehead atoms. The van der Waals surface area contributed by atoms with Gasteiger partial charge in [-0.15, -0.1) is 0 Å². The van der Waals surface area contributed by atoms with E-state index in [1.54, 1.807) is 6.07 Å². The van der Waals surface area contributed by atoms with E-state index in [1.807, 2.05) is 11.8 Å². The van der Waals surface area contributed by atoms with E-state index in [0.717, 1.165) is 43.0 Å². The summed E-state index contributed by atoms with van der Waals surface area (Å²) in [5, 5.41) is 11.0. The van der Waals surface area contributed by atoms with Crippen molar-refractivity contribution >= 4 is 17.5 Å². The fourth-order valence-electron chi connectivity index (χ4n) is 3.87. The summed E-state index contributed by atoms with van der Waals surface area (Å²) >= 11 is 0. The summed E-state index contributed by atoms with van der Waals surface area (Å²) in [7, 11) is 0. The van der Waals surface area contributed by atoms with Crippen LogP contribution in [0, 0.1) is 34.7 Å². The van der Waals surface area contributed by atoms with Gasteiger partial charge in [0.2, 0.25) is 11.8 Å². The van der Waals surface area contributed by atoms with Crippen molar-refractivity contribution in [2.24, 2.45) is 17.6 Å². The average molecular weight is 402 g/mol. The maximum absolute atomic E-state index is 13.8. The number of anilines is 2. The Morgan fingerprint density at radius 3 is 2.59 bits per heavy atom. The molecule has 0 radical (unpaired) electrons. The van der Waals surface area contributed by atoms with Crippen LogP contribution >= 0.6 is 0 Å². The molecule has 1 aromatic heterocycles. The molecule has 1 aromatic carbocycles. The van der Waals surface area contributed by atoms with Crippen LogP contribution < -0.4 is 16.4 Å². The normalized spacial score (nSPS) is 19.1. The first-order chi connectivity index (χ1) is 13.9. The molecule has 8 nitrogen and oxygen atoms in total. The molecule has 9 heteroatoms. The minimum atomic E-state index is -0.603. The smallest absolute Gasteiger partial charge is 0.329 e. The van der Waals surface area contributed by atoms with Gasteiger partial charge in [-0.2, -0.15) is 4.98 Å². The number of nitro groups is 1. The van der Waals surface area contributed by atoms with Gasteiger partial charge in [0.05, 0.1) is 4.92 Å². The Morgan fingerprint density at radius 2 is 1.97 bits per heavy atom. The summed E-state index contributed by atoms with van der Waals surface area (Å²) in [6.07, 6.45) is 5.38. The quantitative estimate of drug-likeness (QED) is 0.538. The van der Waals surface area contributed by atoms with E-state index >= 15 is 0 Å². The van der Waals surface area contributed by atoms with Crippen LogP contribution in [0.2, 0.25) is 0 Å². The lowest BCUT2D eigenvalue weighted by molar-refractivity contribution is -0.384. The van der Waals surface area contributed by atoms with Gasteiger partial charge in [0.25, 0.3) is 0 Å². The zero-order valence-electron chi connectivity index (χ0n) is 16.6. The van der Waals surface area contributed by atoms with Gasteiger partial charge in [-0.25, -0.2) is 9.37 Å². The third kappa shape index (κ3) is 5.17. The number of aromatic nitrogens is 2. The van der Waals surface area contributed by atoms with Gasteiger partial charge in [0, 0.05) is 13.1 Å². The Kier molecular flexibility index (Phi) is 6.58. The number of aryl methyl sites for hydroxylation is 1. The fraction of sp³-hybridized carbons (Fsp3) is 0.500. The average Bonchev–Trinajstić information content (AvgIpc) is 2.70. The standard InChI is InChI=1S/C20H27FN6O2/c1-13-2-7-17(21)8-16(13)12-26(11-15-5-3-14(9-22)4-6-15)20-24-10-18(27(28)29)19(23)25-20/h2,7-8,10,14-15H,3-6,9,11-12,22H2,1H3,(H2,23,24,25). The molecule has 3 rings (SSSR count). The second-order valence-electron chi connectivity index (χ2n) is 7.77. The second-order valence-corrected chi connectivity index (χ2v) is 7.77. The van der Waals surface area contributed by atoms with Crippen molar-refractivity contribution in [1.29, 1.82) is 0 Å². The number of halogens is 1. The van der Waals surface area contributed by atoms with Gasteiger partial charge in [-0.3, -0.25) is 10.1 Å². The summed E-state index contributed by atoms with van der Waals surface area (Å²) in [6.45, 7) is 3.70. The molecule has 1 saturated carbocycles. The van der Waals surface area contributed by atoms with Gasteiger partial charge in [-0.1, -0.05) is 6.07 Å². The van der Waals surface area contributed by atoms with E-state index in [0.29, 0.717) is 37.4 Å². The van der Waals surface area contributed by atoms with Crippen LogP contribution in [0.4, 0.5) is 21.8 Å². The molecule has 0 spiro atoms. The van der Waals surface area contributed by atoms with E-state index < -0.39 is 4.92 Å². The Labute approximate surface area is 169 Å². The van der Waals surface area contributed by atoms with Crippen molar-refractivity contribution in [3.8, 4) is 0 Å². The molecule has 0 amide bonds. The van der Waals surface area contributed by atoms with E-state index in [-0.39, 0.29) is 17.3 Å². The third-order valence-electron chi connectivity index (χ3n) is 5.72. The van der Waals surface area contributed by atoms with Crippen LogP contribution in [0.25, 0.3) is 0 Å². The predicted octanol–water partition coefficient (Wildman–Crippen LogP) is 3.19. The summed E-state index contributed by atoms with van der Waals surface area (Å²) in [5.74, 6) is 0.826. The fourth-order valence-corrected chi connectivity index (χ4v) is 3.87. The van der Waals surface area contributed by atoms with E-state index in [9.17, 15) is 14.5 Å². The summed E-state index contributed by atoms with van der Waals surface area (Å²) in [6, 6.07) is 4.67. The Balaban J connectivity index is 1.86. The van der Waals surface area contributed by atoms with Crippen molar-refractivity contribution in [2.45, 2.75) is 39.2 Å². The molecule has 0 saturated heterocycles. The van der Waals surface area contributed by atoms with Crippen molar-refractivity contribution < 1.29 is 9.31 Å². The first kappa shape index (κ1) is 20.9. The molecule has 4 N–H and O–H groups in total. The lowest BCUT2D eigenvalue weighted by atomic mass is 9.82. The van der Waals surface area contributed by atoms with E-state index in [1.165, 1.54) is 12.1 Å². The van der Waals surface area contributed by atoms with Crippen molar-refractivity contribution in [2.75, 3.05) is 23.7 Å². The van der Waals surface area contributed by atoms with Crippen LogP contribution in [0.1, 0.15) is 36.8 Å². The van der Waals surface area contributed by atoms with Crippen LogP contribution in [-0.2, 0) is 6.54 Å². The first-order valence-electron chi connectivity index (χ1n) is 9.84. The second kappa shape index (κ2) is 9.13. The summed E-state index contributed by atoms with van der Waals surface area (Å²) < 4.78 is 13.8. The molecule has 2 aromatic rings. The molecule has 1 heterocycles. The summed E-state index contributed by atoms with van der Waals surface area (Å²) in [5.41, 5.74) is 13.0. The Bertz CT molecular complexity index is 870. The number of nitrogens with two attached hydrogens (primary N) is 2. The molecule has 156 valence electrons.